The van der Waals surface area contributed by atoms with Gasteiger partial charge in [-0.1, -0.05) is 46.0 Å². The average Bonchev–Trinajstić information content (AvgIpc) is 2.51. The van der Waals surface area contributed by atoms with E-state index in [1.54, 1.807) is 0 Å². The second kappa shape index (κ2) is 7.00. The molecule has 0 aromatic heterocycles. The molecule has 1 spiro atoms. The van der Waals surface area contributed by atoms with E-state index in [1.807, 2.05) is 0 Å². The average molecular weight is 293 g/mol. The number of hydrogen-bond acceptors (Lipinski definition) is 2. The highest BCUT2D eigenvalue weighted by Crippen LogP contribution is 2.54. The first kappa shape index (κ1) is 15.8. The summed E-state index contributed by atoms with van der Waals surface area (Å²) >= 11 is 0. The van der Waals surface area contributed by atoms with Crippen molar-refractivity contribution in [3.8, 4) is 0 Å². The van der Waals surface area contributed by atoms with Gasteiger partial charge in [-0.25, -0.2) is 0 Å². The first-order chi connectivity index (χ1) is 10.2. The van der Waals surface area contributed by atoms with Gasteiger partial charge in [0.1, 0.15) is 0 Å². The van der Waals surface area contributed by atoms with Crippen molar-refractivity contribution >= 4 is 0 Å². The highest BCUT2D eigenvalue weighted by molar-refractivity contribution is 5.09. The van der Waals surface area contributed by atoms with Crippen LogP contribution in [-0.2, 0) is 4.74 Å². The smallest absolute Gasteiger partial charge is 0.0665 e. The summed E-state index contributed by atoms with van der Waals surface area (Å²) in [5.41, 5.74) is 0.494. The number of nitrogens with one attached hydrogen (secondary N) is 1. The van der Waals surface area contributed by atoms with Crippen molar-refractivity contribution in [1.29, 1.82) is 0 Å². The third kappa shape index (κ3) is 3.32. The Bertz CT molecular complexity index is 324. The number of ether oxygens (including phenoxy) is 1. The van der Waals surface area contributed by atoms with Gasteiger partial charge in [-0.2, -0.15) is 0 Å². The molecular weight excluding hydrogens is 258 g/mol. The zero-order chi connectivity index (χ0) is 14.7. The Kier molecular flexibility index (Phi) is 5.27. The highest BCUT2D eigenvalue weighted by atomic mass is 16.5. The molecule has 2 nitrogen and oxygen atoms in total. The van der Waals surface area contributed by atoms with Crippen molar-refractivity contribution in [2.24, 2.45) is 11.3 Å². The summed E-state index contributed by atoms with van der Waals surface area (Å²) in [5.74, 6) is 0.875. The van der Waals surface area contributed by atoms with Gasteiger partial charge < -0.3 is 10.1 Å². The highest BCUT2D eigenvalue weighted by Gasteiger charge is 2.55. The van der Waals surface area contributed by atoms with Crippen LogP contribution in [0, 0.1) is 11.3 Å². The third-order valence-electron chi connectivity index (χ3n) is 6.46. The van der Waals surface area contributed by atoms with Crippen molar-refractivity contribution in [2.45, 2.75) is 103 Å². The fraction of sp³-hybridized carbons (Fsp3) is 1.00. The van der Waals surface area contributed by atoms with Crippen LogP contribution in [0.1, 0.15) is 84.5 Å². The minimum Gasteiger partial charge on any atom is -0.374 e. The van der Waals surface area contributed by atoms with Gasteiger partial charge in [0, 0.05) is 11.5 Å². The first-order valence-corrected chi connectivity index (χ1v) is 9.63. The third-order valence-corrected chi connectivity index (χ3v) is 6.46. The van der Waals surface area contributed by atoms with E-state index in [1.165, 1.54) is 77.2 Å². The van der Waals surface area contributed by atoms with E-state index in [-0.39, 0.29) is 0 Å². The molecule has 3 rings (SSSR count). The number of hydrogen-bond donors (Lipinski definition) is 1. The molecule has 21 heavy (non-hydrogen) atoms. The fourth-order valence-electron chi connectivity index (χ4n) is 5.16. The molecule has 0 heterocycles. The molecule has 3 fully saturated rings. The molecule has 122 valence electrons. The molecule has 0 aliphatic heterocycles. The molecular formula is C19H35NO. The predicted molar refractivity (Wildman–Crippen MR) is 88.5 cm³/mol. The van der Waals surface area contributed by atoms with Crippen LogP contribution in [0.4, 0.5) is 0 Å². The zero-order valence-electron chi connectivity index (χ0n) is 14.2. The van der Waals surface area contributed by atoms with Crippen LogP contribution in [0.3, 0.4) is 0 Å². The lowest BCUT2D eigenvalue weighted by molar-refractivity contribution is -0.183. The Hall–Kier alpha value is -0.0800. The van der Waals surface area contributed by atoms with Gasteiger partial charge in [0.15, 0.2) is 0 Å². The quantitative estimate of drug-likeness (QED) is 0.795. The van der Waals surface area contributed by atoms with Crippen LogP contribution >= 0.6 is 0 Å². The van der Waals surface area contributed by atoms with Crippen molar-refractivity contribution in [1.82, 2.24) is 5.32 Å². The Morgan fingerprint density at radius 2 is 1.86 bits per heavy atom. The summed E-state index contributed by atoms with van der Waals surface area (Å²) in [6.07, 6.45) is 16.1. The van der Waals surface area contributed by atoms with Gasteiger partial charge in [0.05, 0.1) is 12.2 Å². The maximum atomic E-state index is 6.66. The molecule has 1 N–H and O–H groups in total. The van der Waals surface area contributed by atoms with Crippen molar-refractivity contribution < 1.29 is 4.74 Å². The van der Waals surface area contributed by atoms with E-state index < -0.39 is 0 Å². The molecule has 3 aliphatic carbocycles. The molecule has 0 amide bonds. The Balaban J connectivity index is 1.59. The van der Waals surface area contributed by atoms with Gasteiger partial charge in [0.25, 0.3) is 0 Å². The summed E-state index contributed by atoms with van der Waals surface area (Å²) < 4.78 is 6.66. The normalized spacial score (nSPS) is 39.1. The first-order valence-electron chi connectivity index (χ1n) is 9.63. The molecule has 0 radical (unpaired) electrons. The van der Waals surface area contributed by atoms with Crippen molar-refractivity contribution in [3.63, 3.8) is 0 Å². The monoisotopic (exact) mass is 293 g/mol. The molecule has 0 aromatic rings. The van der Waals surface area contributed by atoms with Gasteiger partial charge in [0.2, 0.25) is 0 Å². The van der Waals surface area contributed by atoms with Crippen molar-refractivity contribution in [2.75, 3.05) is 6.54 Å². The van der Waals surface area contributed by atoms with E-state index in [0.29, 0.717) is 17.6 Å². The summed E-state index contributed by atoms with van der Waals surface area (Å²) in [6, 6.07) is 0.740. The Morgan fingerprint density at radius 3 is 2.57 bits per heavy atom. The lowest BCUT2D eigenvalue weighted by Gasteiger charge is -2.59. The zero-order valence-corrected chi connectivity index (χ0v) is 14.2. The molecule has 0 saturated heterocycles. The lowest BCUT2D eigenvalue weighted by Crippen LogP contribution is -2.65. The van der Waals surface area contributed by atoms with E-state index >= 15 is 0 Å². The molecule has 4 unspecified atom stereocenters. The minimum atomic E-state index is 0.494. The summed E-state index contributed by atoms with van der Waals surface area (Å²) in [7, 11) is 0. The van der Waals surface area contributed by atoms with Gasteiger partial charge >= 0.3 is 0 Å². The second-order valence-corrected chi connectivity index (χ2v) is 8.05. The van der Waals surface area contributed by atoms with Crippen LogP contribution in [0.2, 0.25) is 0 Å². The summed E-state index contributed by atoms with van der Waals surface area (Å²) in [5, 5.41) is 3.83. The van der Waals surface area contributed by atoms with E-state index in [9.17, 15) is 0 Å². The molecule has 3 aliphatic rings. The SMILES string of the molecule is CCCNC1CC(OC2CCCC(C)C2)C12CCCCC2. The van der Waals surface area contributed by atoms with Crippen LogP contribution in [0.25, 0.3) is 0 Å². The largest absolute Gasteiger partial charge is 0.374 e. The fourth-order valence-corrected chi connectivity index (χ4v) is 5.16. The minimum absolute atomic E-state index is 0.494. The molecule has 0 aromatic carbocycles. The predicted octanol–water partition coefficient (Wildman–Crippen LogP) is 4.67. The van der Waals surface area contributed by atoms with E-state index in [0.717, 1.165) is 12.0 Å². The van der Waals surface area contributed by atoms with Crippen molar-refractivity contribution in [3.05, 3.63) is 0 Å². The van der Waals surface area contributed by atoms with Gasteiger partial charge in [-0.05, 0) is 51.0 Å². The summed E-state index contributed by atoms with van der Waals surface area (Å²) in [4.78, 5) is 0. The van der Waals surface area contributed by atoms with Crippen LogP contribution < -0.4 is 5.32 Å². The van der Waals surface area contributed by atoms with E-state index in [4.69, 9.17) is 4.74 Å². The molecule has 4 atom stereocenters. The standard InChI is InChI=1S/C19H35NO/c1-3-12-20-17-14-18(19(17)10-5-4-6-11-19)21-16-9-7-8-15(2)13-16/h15-18,20H,3-14H2,1-2H3. The molecule has 0 bridgehead atoms. The van der Waals surface area contributed by atoms with E-state index in [2.05, 4.69) is 19.2 Å². The van der Waals surface area contributed by atoms with Crippen LogP contribution in [0.5, 0.6) is 0 Å². The topological polar surface area (TPSA) is 21.3 Å². The van der Waals surface area contributed by atoms with Crippen LogP contribution in [0.15, 0.2) is 0 Å². The maximum absolute atomic E-state index is 6.66. The maximum Gasteiger partial charge on any atom is 0.0665 e. The van der Waals surface area contributed by atoms with Crippen LogP contribution in [-0.4, -0.2) is 24.8 Å². The Morgan fingerprint density at radius 1 is 1.05 bits per heavy atom. The number of rotatable bonds is 5. The molecule has 2 heteroatoms. The summed E-state index contributed by atoms with van der Waals surface area (Å²) in [6.45, 7) is 5.86. The second-order valence-electron chi connectivity index (χ2n) is 8.05. The lowest BCUT2D eigenvalue weighted by atomic mass is 9.55. The Labute approximate surface area is 131 Å². The molecule has 3 saturated carbocycles. The van der Waals surface area contributed by atoms with Gasteiger partial charge in [-0.3, -0.25) is 0 Å². The van der Waals surface area contributed by atoms with Gasteiger partial charge in [-0.15, -0.1) is 0 Å².